The molecule has 2 rings (SSSR count). The summed E-state index contributed by atoms with van der Waals surface area (Å²) in [5.74, 6) is 1.29. The molecule has 1 heterocycles. The van der Waals surface area contributed by atoms with Crippen molar-refractivity contribution in [1.82, 2.24) is 5.32 Å². The SMILES string of the molecule is CCC1(C2CC2)C(C)NC(=O)C1C. The number of hydrogen-bond acceptors (Lipinski definition) is 1. The van der Waals surface area contributed by atoms with Gasteiger partial charge in [-0.05, 0) is 32.1 Å². The Balaban J connectivity index is 2.30. The van der Waals surface area contributed by atoms with Gasteiger partial charge in [0.2, 0.25) is 5.91 Å². The lowest BCUT2D eigenvalue weighted by molar-refractivity contribution is -0.123. The average Bonchev–Trinajstić information content (AvgIpc) is 2.87. The standard InChI is InChI=1S/C11H19NO/c1-4-11(9-5-6-9)7(2)10(13)12-8(11)3/h7-9H,4-6H2,1-3H3,(H,12,13). The van der Waals surface area contributed by atoms with Crippen LogP contribution in [-0.4, -0.2) is 11.9 Å². The molecule has 0 radical (unpaired) electrons. The summed E-state index contributed by atoms with van der Waals surface area (Å²) in [5, 5.41) is 3.09. The van der Waals surface area contributed by atoms with Crippen molar-refractivity contribution in [3.05, 3.63) is 0 Å². The summed E-state index contributed by atoms with van der Waals surface area (Å²) >= 11 is 0. The Hall–Kier alpha value is -0.530. The number of nitrogens with one attached hydrogen (secondary N) is 1. The van der Waals surface area contributed by atoms with Crippen LogP contribution in [0.4, 0.5) is 0 Å². The molecule has 0 aromatic heterocycles. The van der Waals surface area contributed by atoms with Gasteiger partial charge in [0.15, 0.2) is 0 Å². The Morgan fingerprint density at radius 3 is 2.38 bits per heavy atom. The first-order valence-electron chi connectivity index (χ1n) is 5.43. The van der Waals surface area contributed by atoms with Crippen LogP contribution >= 0.6 is 0 Å². The quantitative estimate of drug-likeness (QED) is 0.693. The third-order valence-corrected chi connectivity index (χ3v) is 4.31. The molecular weight excluding hydrogens is 162 g/mol. The van der Waals surface area contributed by atoms with Gasteiger partial charge in [-0.2, -0.15) is 0 Å². The maximum absolute atomic E-state index is 11.6. The largest absolute Gasteiger partial charge is 0.353 e. The highest BCUT2D eigenvalue weighted by Crippen LogP contribution is 2.56. The Morgan fingerprint density at radius 1 is 1.46 bits per heavy atom. The van der Waals surface area contributed by atoms with Crippen LogP contribution in [0.15, 0.2) is 0 Å². The lowest BCUT2D eigenvalue weighted by atomic mass is 9.68. The second-order valence-corrected chi connectivity index (χ2v) is 4.69. The van der Waals surface area contributed by atoms with E-state index in [9.17, 15) is 4.79 Å². The molecule has 74 valence electrons. The molecule has 1 amide bonds. The highest BCUT2D eigenvalue weighted by atomic mass is 16.2. The number of carbonyl (C=O) groups excluding carboxylic acids is 1. The van der Waals surface area contributed by atoms with Gasteiger partial charge < -0.3 is 5.32 Å². The minimum absolute atomic E-state index is 0.222. The van der Waals surface area contributed by atoms with Crippen LogP contribution in [0.1, 0.15) is 40.0 Å². The van der Waals surface area contributed by atoms with Gasteiger partial charge in [0.05, 0.1) is 0 Å². The molecule has 3 atom stereocenters. The van der Waals surface area contributed by atoms with Crippen LogP contribution in [-0.2, 0) is 4.79 Å². The first kappa shape index (κ1) is 9.04. The van der Waals surface area contributed by atoms with Crippen molar-refractivity contribution < 1.29 is 4.79 Å². The van der Waals surface area contributed by atoms with Gasteiger partial charge in [0.25, 0.3) is 0 Å². The Morgan fingerprint density at radius 2 is 2.08 bits per heavy atom. The molecule has 2 nitrogen and oxygen atoms in total. The van der Waals surface area contributed by atoms with E-state index in [1.54, 1.807) is 0 Å². The lowest BCUT2D eigenvalue weighted by Gasteiger charge is -2.35. The van der Waals surface area contributed by atoms with Crippen molar-refractivity contribution >= 4 is 5.91 Å². The Labute approximate surface area is 80.1 Å². The second-order valence-electron chi connectivity index (χ2n) is 4.69. The molecule has 0 spiro atoms. The van der Waals surface area contributed by atoms with E-state index in [4.69, 9.17) is 0 Å². The molecular formula is C11H19NO. The van der Waals surface area contributed by atoms with Crippen molar-refractivity contribution in [3.8, 4) is 0 Å². The van der Waals surface area contributed by atoms with Gasteiger partial charge >= 0.3 is 0 Å². The van der Waals surface area contributed by atoms with Gasteiger partial charge in [0.1, 0.15) is 0 Å². The van der Waals surface area contributed by atoms with Crippen molar-refractivity contribution in [3.63, 3.8) is 0 Å². The van der Waals surface area contributed by atoms with Crippen LogP contribution in [0.2, 0.25) is 0 Å². The predicted octanol–water partition coefficient (Wildman–Crippen LogP) is 1.95. The summed E-state index contributed by atoms with van der Waals surface area (Å²) in [4.78, 5) is 11.6. The van der Waals surface area contributed by atoms with Crippen molar-refractivity contribution in [2.75, 3.05) is 0 Å². The average molecular weight is 181 g/mol. The van der Waals surface area contributed by atoms with E-state index in [1.807, 2.05) is 0 Å². The van der Waals surface area contributed by atoms with E-state index in [2.05, 4.69) is 26.1 Å². The molecule has 0 aromatic rings. The van der Waals surface area contributed by atoms with E-state index in [0.717, 1.165) is 12.3 Å². The summed E-state index contributed by atoms with van der Waals surface area (Å²) in [6.45, 7) is 6.50. The fourth-order valence-electron chi connectivity index (χ4n) is 3.32. The van der Waals surface area contributed by atoms with Crippen LogP contribution in [0.25, 0.3) is 0 Å². The third-order valence-electron chi connectivity index (χ3n) is 4.31. The van der Waals surface area contributed by atoms with Crippen LogP contribution in [0, 0.1) is 17.3 Å². The van der Waals surface area contributed by atoms with Gasteiger partial charge in [-0.1, -0.05) is 13.8 Å². The number of carbonyl (C=O) groups is 1. The molecule has 2 fully saturated rings. The molecule has 1 aliphatic carbocycles. The molecule has 2 aliphatic rings. The van der Waals surface area contributed by atoms with Crippen molar-refractivity contribution in [1.29, 1.82) is 0 Å². The van der Waals surface area contributed by atoms with Crippen LogP contribution < -0.4 is 5.32 Å². The fraction of sp³-hybridized carbons (Fsp3) is 0.909. The maximum atomic E-state index is 11.6. The first-order chi connectivity index (χ1) is 6.13. The molecule has 3 unspecified atom stereocenters. The number of hydrogen-bond donors (Lipinski definition) is 1. The van der Waals surface area contributed by atoms with Gasteiger partial charge in [-0.3, -0.25) is 4.79 Å². The summed E-state index contributed by atoms with van der Waals surface area (Å²) in [6, 6.07) is 0.382. The molecule has 1 saturated heterocycles. The molecule has 13 heavy (non-hydrogen) atoms. The van der Waals surface area contributed by atoms with Crippen LogP contribution in [0.5, 0.6) is 0 Å². The zero-order valence-corrected chi connectivity index (χ0v) is 8.76. The topological polar surface area (TPSA) is 29.1 Å². The van der Waals surface area contributed by atoms with E-state index >= 15 is 0 Å². The molecule has 0 aromatic carbocycles. The monoisotopic (exact) mass is 181 g/mol. The van der Waals surface area contributed by atoms with Gasteiger partial charge in [0, 0.05) is 17.4 Å². The number of rotatable bonds is 2. The molecule has 0 bridgehead atoms. The predicted molar refractivity (Wildman–Crippen MR) is 52.2 cm³/mol. The molecule has 2 heteroatoms. The molecule has 1 saturated carbocycles. The smallest absolute Gasteiger partial charge is 0.223 e. The Bertz CT molecular complexity index is 234. The summed E-state index contributed by atoms with van der Waals surface area (Å²) in [7, 11) is 0. The zero-order valence-electron chi connectivity index (χ0n) is 8.76. The Kier molecular flexibility index (Phi) is 1.90. The second kappa shape index (κ2) is 2.73. The first-order valence-corrected chi connectivity index (χ1v) is 5.43. The van der Waals surface area contributed by atoms with E-state index in [-0.39, 0.29) is 17.2 Å². The van der Waals surface area contributed by atoms with Gasteiger partial charge in [-0.25, -0.2) is 0 Å². The minimum atomic E-state index is 0.222. The zero-order chi connectivity index (χ0) is 9.64. The maximum Gasteiger partial charge on any atom is 0.223 e. The van der Waals surface area contributed by atoms with Crippen molar-refractivity contribution in [2.45, 2.75) is 46.1 Å². The normalized spacial score (nSPS) is 45.0. The summed E-state index contributed by atoms with van der Waals surface area (Å²) < 4.78 is 0. The highest BCUT2D eigenvalue weighted by Gasteiger charge is 2.57. The fourth-order valence-corrected chi connectivity index (χ4v) is 3.32. The minimum Gasteiger partial charge on any atom is -0.353 e. The molecule has 1 aliphatic heterocycles. The summed E-state index contributed by atoms with van der Waals surface area (Å²) in [6.07, 6.45) is 3.80. The number of amides is 1. The van der Waals surface area contributed by atoms with Crippen molar-refractivity contribution in [2.24, 2.45) is 17.3 Å². The van der Waals surface area contributed by atoms with Gasteiger partial charge in [-0.15, -0.1) is 0 Å². The van der Waals surface area contributed by atoms with Crippen LogP contribution in [0.3, 0.4) is 0 Å². The molecule has 1 N–H and O–H groups in total. The van der Waals surface area contributed by atoms with E-state index < -0.39 is 0 Å². The van der Waals surface area contributed by atoms with E-state index in [0.29, 0.717) is 6.04 Å². The lowest BCUT2D eigenvalue weighted by Crippen LogP contribution is -2.38. The highest BCUT2D eigenvalue weighted by molar-refractivity contribution is 5.82. The summed E-state index contributed by atoms with van der Waals surface area (Å²) in [5.41, 5.74) is 0.275. The van der Waals surface area contributed by atoms with E-state index in [1.165, 1.54) is 12.8 Å². The third kappa shape index (κ3) is 1.04.